The summed E-state index contributed by atoms with van der Waals surface area (Å²) in [4.78, 5) is 21.6. The van der Waals surface area contributed by atoms with Gasteiger partial charge in [-0.25, -0.2) is 4.98 Å². The molecule has 1 unspecified atom stereocenters. The van der Waals surface area contributed by atoms with Crippen LogP contribution in [0.25, 0.3) is 0 Å². The number of carbonyl (C=O) groups is 1. The number of pyridine rings is 1. The third-order valence-corrected chi connectivity index (χ3v) is 5.32. The molecule has 2 aliphatic rings. The van der Waals surface area contributed by atoms with E-state index >= 15 is 0 Å². The van der Waals surface area contributed by atoms with E-state index in [0.29, 0.717) is 24.1 Å². The maximum Gasteiger partial charge on any atom is 0.254 e. The van der Waals surface area contributed by atoms with E-state index in [0.717, 1.165) is 25.1 Å². The number of ether oxygens (including phenoxy) is 1. The predicted molar refractivity (Wildman–Crippen MR) is 100 cm³/mol. The fraction of sp³-hybridized carbons (Fsp3) is 0.429. The van der Waals surface area contributed by atoms with Gasteiger partial charge in [0.1, 0.15) is 6.61 Å². The minimum absolute atomic E-state index is 0.0821. The number of carbonyl (C=O) groups excluding carboxylic acids is 1. The van der Waals surface area contributed by atoms with Crippen molar-refractivity contribution in [2.45, 2.75) is 31.9 Å². The van der Waals surface area contributed by atoms with Crippen LogP contribution in [0.1, 0.15) is 35.2 Å². The molecule has 0 bridgehead atoms. The minimum Gasteiger partial charge on any atom is -0.473 e. The molecule has 26 heavy (non-hydrogen) atoms. The van der Waals surface area contributed by atoms with Gasteiger partial charge in [0, 0.05) is 37.0 Å². The van der Waals surface area contributed by atoms with Gasteiger partial charge in [-0.15, -0.1) is 0 Å². The maximum atomic E-state index is 12.9. The van der Waals surface area contributed by atoms with E-state index in [9.17, 15) is 4.79 Å². The summed E-state index contributed by atoms with van der Waals surface area (Å²) in [5.74, 6) is 0.577. The average Bonchev–Trinajstić information content (AvgIpc) is 3.38. The molecule has 0 spiro atoms. The van der Waals surface area contributed by atoms with Gasteiger partial charge in [0.2, 0.25) is 5.88 Å². The van der Waals surface area contributed by atoms with Crippen LogP contribution in [0.5, 0.6) is 5.88 Å². The highest BCUT2D eigenvalue weighted by Crippen LogP contribution is 2.22. The number of nitrogens with zero attached hydrogens (tertiary/aromatic N) is 3. The van der Waals surface area contributed by atoms with E-state index in [-0.39, 0.29) is 5.91 Å². The Morgan fingerprint density at radius 2 is 1.92 bits per heavy atom. The number of aromatic nitrogens is 1. The Kier molecular flexibility index (Phi) is 5.16. The molecule has 1 aromatic heterocycles. The van der Waals surface area contributed by atoms with Crippen LogP contribution in [0, 0.1) is 0 Å². The van der Waals surface area contributed by atoms with Gasteiger partial charge in [-0.1, -0.05) is 30.3 Å². The van der Waals surface area contributed by atoms with Gasteiger partial charge >= 0.3 is 0 Å². The summed E-state index contributed by atoms with van der Waals surface area (Å²) in [6.45, 7) is 4.48. The normalized spacial score (nSPS) is 20.5. The van der Waals surface area contributed by atoms with Crippen LogP contribution in [0.3, 0.4) is 0 Å². The summed E-state index contributed by atoms with van der Waals surface area (Å²) in [5.41, 5.74) is 1.74. The van der Waals surface area contributed by atoms with Crippen LogP contribution in [0.4, 0.5) is 0 Å². The quantitative estimate of drug-likeness (QED) is 0.831. The second kappa shape index (κ2) is 7.87. The van der Waals surface area contributed by atoms with Gasteiger partial charge in [-0.05, 0) is 44.0 Å². The van der Waals surface area contributed by atoms with Gasteiger partial charge in [0.15, 0.2) is 0 Å². The second-order valence-electron chi connectivity index (χ2n) is 7.09. The monoisotopic (exact) mass is 351 g/mol. The Bertz CT molecular complexity index is 744. The molecule has 4 rings (SSSR count). The maximum absolute atomic E-state index is 12.9. The van der Waals surface area contributed by atoms with Crippen LogP contribution in [0.15, 0.2) is 48.7 Å². The molecule has 5 heteroatoms. The summed E-state index contributed by atoms with van der Waals surface area (Å²) in [6.07, 6.45) is 5.31. The Balaban J connectivity index is 1.37. The zero-order valence-corrected chi connectivity index (χ0v) is 15.0. The van der Waals surface area contributed by atoms with Crippen molar-refractivity contribution in [3.63, 3.8) is 0 Å². The summed E-state index contributed by atoms with van der Waals surface area (Å²) >= 11 is 0. The molecule has 0 N–H and O–H groups in total. The highest BCUT2D eigenvalue weighted by atomic mass is 16.5. The van der Waals surface area contributed by atoms with Crippen molar-refractivity contribution in [2.75, 3.05) is 26.2 Å². The first-order chi connectivity index (χ1) is 12.8. The van der Waals surface area contributed by atoms with Crippen molar-refractivity contribution in [3.05, 3.63) is 59.8 Å². The van der Waals surface area contributed by atoms with Crippen LogP contribution in [-0.2, 0) is 6.61 Å². The van der Waals surface area contributed by atoms with Crippen molar-refractivity contribution in [3.8, 4) is 5.88 Å². The topological polar surface area (TPSA) is 45.7 Å². The largest absolute Gasteiger partial charge is 0.473 e. The van der Waals surface area contributed by atoms with E-state index in [4.69, 9.17) is 4.74 Å². The Morgan fingerprint density at radius 1 is 1.12 bits per heavy atom. The number of hydrogen-bond acceptors (Lipinski definition) is 4. The van der Waals surface area contributed by atoms with Gasteiger partial charge in [0.25, 0.3) is 5.91 Å². The fourth-order valence-electron chi connectivity index (χ4n) is 3.87. The molecular weight excluding hydrogens is 326 g/mol. The third-order valence-electron chi connectivity index (χ3n) is 5.32. The average molecular weight is 351 g/mol. The number of likely N-dealkylation sites (tertiary alicyclic amines) is 2. The minimum atomic E-state index is 0.0821. The Morgan fingerprint density at radius 3 is 2.73 bits per heavy atom. The number of amides is 1. The van der Waals surface area contributed by atoms with Crippen molar-refractivity contribution >= 4 is 5.91 Å². The zero-order valence-electron chi connectivity index (χ0n) is 15.0. The number of benzene rings is 1. The van der Waals surface area contributed by atoms with Crippen molar-refractivity contribution in [1.82, 2.24) is 14.8 Å². The molecular formula is C21H25N3O2. The van der Waals surface area contributed by atoms with Crippen LogP contribution < -0.4 is 4.74 Å². The van der Waals surface area contributed by atoms with Gasteiger partial charge in [0.05, 0.1) is 0 Å². The van der Waals surface area contributed by atoms with E-state index < -0.39 is 0 Å². The van der Waals surface area contributed by atoms with Crippen LogP contribution in [-0.4, -0.2) is 52.9 Å². The summed E-state index contributed by atoms with van der Waals surface area (Å²) in [5, 5.41) is 0. The lowest BCUT2D eigenvalue weighted by Gasteiger charge is -2.23. The number of hydrogen-bond donors (Lipinski definition) is 0. The molecule has 2 fully saturated rings. The third kappa shape index (κ3) is 3.88. The van der Waals surface area contributed by atoms with Crippen molar-refractivity contribution in [1.29, 1.82) is 0 Å². The Labute approximate surface area is 154 Å². The first-order valence-corrected chi connectivity index (χ1v) is 9.46. The van der Waals surface area contributed by atoms with E-state index in [2.05, 4.69) is 9.88 Å². The van der Waals surface area contributed by atoms with E-state index in [1.54, 1.807) is 18.3 Å². The molecule has 1 aromatic carbocycles. The molecule has 5 nitrogen and oxygen atoms in total. The highest BCUT2D eigenvalue weighted by molar-refractivity contribution is 5.94. The smallest absolute Gasteiger partial charge is 0.254 e. The zero-order chi connectivity index (χ0) is 17.8. The number of rotatable bonds is 5. The summed E-state index contributed by atoms with van der Waals surface area (Å²) in [6, 6.07) is 14.0. The first kappa shape index (κ1) is 17.0. The lowest BCUT2D eigenvalue weighted by molar-refractivity contribution is 0.0779. The molecule has 1 amide bonds. The molecule has 2 aromatic rings. The molecule has 3 heterocycles. The molecule has 2 saturated heterocycles. The fourth-order valence-corrected chi connectivity index (χ4v) is 3.87. The molecule has 1 atom stereocenters. The van der Waals surface area contributed by atoms with E-state index in [1.165, 1.54) is 25.9 Å². The van der Waals surface area contributed by atoms with Crippen molar-refractivity contribution in [2.24, 2.45) is 0 Å². The standard InChI is InChI=1S/C21H25N3O2/c25-21(24-13-9-19(15-24)23-11-4-5-12-23)18-8-10-22-20(14-18)26-16-17-6-2-1-3-7-17/h1-3,6-8,10,14,19H,4-5,9,11-13,15-16H2. The molecule has 0 radical (unpaired) electrons. The first-order valence-electron chi connectivity index (χ1n) is 9.46. The van der Waals surface area contributed by atoms with Crippen molar-refractivity contribution < 1.29 is 9.53 Å². The summed E-state index contributed by atoms with van der Waals surface area (Å²) in [7, 11) is 0. The second-order valence-corrected chi connectivity index (χ2v) is 7.09. The van der Waals surface area contributed by atoms with Crippen LogP contribution >= 0.6 is 0 Å². The van der Waals surface area contributed by atoms with Gasteiger partial charge in [-0.2, -0.15) is 0 Å². The Hall–Kier alpha value is -2.40. The van der Waals surface area contributed by atoms with E-state index in [1.807, 2.05) is 35.2 Å². The molecule has 0 saturated carbocycles. The lowest BCUT2D eigenvalue weighted by Crippen LogP contribution is -2.37. The summed E-state index contributed by atoms with van der Waals surface area (Å²) < 4.78 is 5.76. The lowest BCUT2D eigenvalue weighted by atomic mass is 10.2. The van der Waals surface area contributed by atoms with Crippen LogP contribution in [0.2, 0.25) is 0 Å². The molecule has 0 aliphatic carbocycles. The van der Waals surface area contributed by atoms with Gasteiger partial charge in [-0.3, -0.25) is 9.69 Å². The SMILES string of the molecule is O=C(c1ccnc(OCc2ccccc2)c1)N1CCC(N2CCCC2)C1. The predicted octanol–water partition coefficient (Wildman–Crippen LogP) is 2.97. The highest BCUT2D eigenvalue weighted by Gasteiger charge is 2.32. The molecule has 136 valence electrons. The molecule has 2 aliphatic heterocycles. The van der Waals surface area contributed by atoms with Gasteiger partial charge < -0.3 is 9.64 Å².